The zero-order valence-electron chi connectivity index (χ0n) is 23.5. The van der Waals surface area contributed by atoms with Gasteiger partial charge in [-0.3, -0.25) is 13.9 Å². The molecule has 0 spiro atoms. The molecule has 0 saturated heterocycles. The molecule has 1 N–H and O–H groups in total. The topological polar surface area (TPSA) is 86.8 Å². The highest BCUT2D eigenvalue weighted by Gasteiger charge is 2.33. The van der Waals surface area contributed by atoms with Gasteiger partial charge in [-0.05, 0) is 61.1 Å². The molecule has 7 nitrogen and oxygen atoms in total. The quantitative estimate of drug-likeness (QED) is 0.289. The molecule has 0 aromatic heterocycles. The number of anilines is 1. The van der Waals surface area contributed by atoms with Gasteiger partial charge < -0.3 is 10.2 Å². The molecule has 214 valence electrons. The van der Waals surface area contributed by atoms with E-state index in [9.17, 15) is 18.0 Å². The third-order valence-electron chi connectivity index (χ3n) is 6.61. The highest BCUT2D eigenvalue weighted by molar-refractivity contribution is 7.92. The molecular weight excluding hydrogens is 546 g/mol. The largest absolute Gasteiger partial charge is 0.354 e. The monoisotopic (exact) mass is 583 g/mol. The second-order valence-corrected chi connectivity index (χ2v) is 12.4. The minimum atomic E-state index is -4.13. The van der Waals surface area contributed by atoms with Gasteiger partial charge in [0.05, 0.1) is 10.6 Å². The molecule has 0 bridgehead atoms. The second-order valence-electron chi connectivity index (χ2n) is 10.1. The lowest BCUT2D eigenvalue weighted by Crippen LogP contribution is -2.53. The maximum Gasteiger partial charge on any atom is 0.264 e. The van der Waals surface area contributed by atoms with Gasteiger partial charge in [-0.1, -0.05) is 87.0 Å². The van der Waals surface area contributed by atoms with Crippen LogP contribution >= 0.6 is 11.6 Å². The van der Waals surface area contributed by atoms with E-state index in [-0.39, 0.29) is 29.0 Å². The molecule has 0 saturated carbocycles. The Bertz CT molecular complexity index is 1380. The Labute approximate surface area is 243 Å². The second kappa shape index (κ2) is 14.3. The zero-order valence-corrected chi connectivity index (χ0v) is 25.1. The van der Waals surface area contributed by atoms with Crippen molar-refractivity contribution in [3.63, 3.8) is 0 Å². The first-order valence-electron chi connectivity index (χ1n) is 13.5. The van der Waals surface area contributed by atoms with Crippen molar-refractivity contribution in [1.82, 2.24) is 10.2 Å². The molecule has 0 aliphatic carbocycles. The maximum absolute atomic E-state index is 14.0. The third-order valence-corrected chi connectivity index (χ3v) is 8.80. The Morgan fingerprint density at radius 3 is 2.15 bits per heavy atom. The minimum absolute atomic E-state index is 0.0528. The van der Waals surface area contributed by atoms with Crippen LogP contribution < -0.4 is 9.62 Å². The summed E-state index contributed by atoms with van der Waals surface area (Å²) in [5.41, 5.74) is 2.07. The van der Waals surface area contributed by atoms with Crippen molar-refractivity contribution in [2.24, 2.45) is 5.92 Å². The predicted molar refractivity (Wildman–Crippen MR) is 161 cm³/mol. The Balaban J connectivity index is 2.00. The van der Waals surface area contributed by atoms with Gasteiger partial charge in [0.1, 0.15) is 12.6 Å². The molecule has 1 unspecified atom stereocenters. The van der Waals surface area contributed by atoms with E-state index in [4.69, 9.17) is 11.6 Å². The number of nitrogens with zero attached hydrogens (tertiary/aromatic N) is 2. The van der Waals surface area contributed by atoms with Crippen molar-refractivity contribution < 1.29 is 18.0 Å². The number of rotatable bonds is 13. The molecule has 3 aromatic rings. The molecule has 9 heteroatoms. The summed E-state index contributed by atoms with van der Waals surface area (Å²) in [5, 5.41) is 3.33. The lowest BCUT2D eigenvalue weighted by molar-refractivity contribution is -0.139. The van der Waals surface area contributed by atoms with E-state index in [0.29, 0.717) is 24.4 Å². The fraction of sp³-hybridized carbons (Fsp3) is 0.355. The molecule has 0 aliphatic rings. The Morgan fingerprint density at radius 2 is 1.57 bits per heavy atom. The first kappa shape index (κ1) is 31.2. The summed E-state index contributed by atoms with van der Waals surface area (Å²) < 4.78 is 28.8. The third kappa shape index (κ3) is 8.08. The fourth-order valence-corrected chi connectivity index (χ4v) is 5.91. The number of nitrogens with one attached hydrogen (secondary N) is 1. The Hall–Kier alpha value is -3.36. The van der Waals surface area contributed by atoms with Gasteiger partial charge in [-0.2, -0.15) is 0 Å². The minimum Gasteiger partial charge on any atom is -0.354 e. The summed E-state index contributed by atoms with van der Waals surface area (Å²) in [4.78, 5) is 28.8. The van der Waals surface area contributed by atoms with Crippen LogP contribution in [0.25, 0.3) is 0 Å². The maximum atomic E-state index is 14.0. The van der Waals surface area contributed by atoms with Gasteiger partial charge >= 0.3 is 0 Å². The van der Waals surface area contributed by atoms with Crippen molar-refractivity contribution in [3.8, 4) is 0 Å². The van der Waals surface area contributed by atoms with Crippen molar-refractivity contribution >= 4 is 39.1 Å². The highest BCUT2D eigenvalue weighted by atomic mass is 35.5. The number of hydrogen-bond acceptors (Lipinski definition) is 4. The van der Waals surface area contributed by atoms with Gasteiger partial charge in [-0.25, -0.2) is 8.42 Å². The molecule has 0 heterocycles. The number of hydrogen-bond donors (Lipinski definition) is 1. The van der Waals surface area contributed by atoms with Crippen LogP contribution in [0, 0.1) is 12.8 Å². The van der Waals surface area contributed by atoms with Gasteiger partial charge in [0.25, 0.3) is 10.0 Å². The van der Waals surface area contributed by atoms with Crippen LogP contribution in [0.5, 0.6) is 0 Å². The summed E-state index contributed by atoms with van der Waals surface area (Å²) in [6.07, 6.45) is 0.897. The first-order chi connectivity index (χ1) is 19.0. The normalized spacial score (nSPS) is 12.2. The number of carbonyl (C=O) groups is 2. The molecule has 3 aromatic carbocycles. The number of sulfonamides is 1. The van der Waals surface area contributed by atoms with Gasteiger partial charge in [0, 0.05) is 18.1 Å². The SMILES string of the molecule is CCC(C(=O)NCC(C)C)N(CCc1ccccc1)C(=O)CN(c1ccc(C)c(Cl)c1)S(=O)(=O)c1ccccc1. The molecule has 3 rings (SSSR count). The number of aryl methyl sites for hydroxylation is 1. The van der Waals surface area contributed by atoms with Crippen LogP contribution in [0.15, 0.2) is 83.8 Å². The predicted octanol–water partition coefficient (Wildman–Crippen LogP) is 5.47. The van der Waals surface area contributed by atoms with E-state index in [1.807, 2.05) is 58.0 Å². The summed E-state index contributed by atoms with van der Waals surface area (Å²) >= 11 is 6.38. The number of halogens is 1. The van der Waals surface area contributed by atoms with Crippen LogP contribution in [0.4, 0.5) is 5.69 Å². The molecule has 0 fully saturated rings. The summed E-state index contributed by atoms with van der Waals surface area (Å²) in [6, 6.07) is 21.8. The van der Waals surface area contributed by atoms with E-state index < -0.39 is 28.5 Å². The van der Waals surface area contributed by atoms with Gasteiger partial charge in [0.2, 0.25) is 11.8 Å². The molecule has 0 radical (unpaired) electrons. The summed E-state index contributed by atoms with van der Waals surface area (Å²) in [6.45, 7) is 7.91. The average Bonchev–Trinajstić information content (AvgIpc) is 2.95. The molecule has 2 amide bonds. The average molecular weight is 584 g/mol. The van der Waals surface area contributed by atoms with E-state index in [1.54, 1.807) is 36.4 Å². The molecule has 40 heavy (non-hydrogen) atoms. The van der Waals surface area contributed by atoms with E-state index >= 15 is 0 Å². The highest BCUT2D eigenvalue weighted by Crippen LogP contribution is 2.28. The Morgan fingerprint density at radius 1 is 0.950 bits per heavy atom. The molecular formula is C31H38ClN3O4S. The summed E-state index contributed by atoms with van der Waals surface area (Å²) in [5.74, 6) is -0.486. The number of amides is 2. The van der Waals surface area contributed by atoms with Crippen LogP contribution in [-0.2, 0) is 26.0 Å². The van der Waals surface area contributed by atoms with E-state index in [0.717, 1.165) is 15.4 Å². The smallest absolute Gasteiger partial charge is 0.264 e. The number of benzene rings is 3. The van der Waals surface area contributed by atoms with Gasteiger partial charge in [0.15, 0.2) is 0 Å². The van der Waals surface area contributed by atoms with Gasteiger partial charge in [-0.15, -0.1) is 0 Å². The van der Waals surface area contributed by atoms with Crippen molar-refractivity contribution in [1.29, 1.82) is 0 Å². The standard InChI is InChI=1S/C31H38ClN3O4S/c1-5-29(31(37)33-21-23(2)3)34(19-18-25-12-8-6-9-13-25)30(36)22-35(26-17-16-24(4)28(32)20-26)40(38,39)27-14-10-7-11-15-27/h6-17,20,23,29H,5,18-19,21-22H2,1-4H3,(H,33,37). The van der Waals surface area contributed by atoms with Crippen molar-refractivity contribution in [2.75, 3.05) is 23.9 Å². The molecule has 1 atom stereocenters. The molecule has 0 aliphatic heterocycles. The lowest BCUT2D eigenvalue weighted by Gasteiger charge is -2.33. The van der Waals surface area contributed by atoms with Crippen LogP contribution in [0.3, 0.4) is 0 Å². The fourth-order valence-electron chi connectivity index (χ4n) is 4.30. The van der Waals surface area contributed by atoms with Crippen LogP contribution in [0.1, 0.15) is 38.3 Å². The number of carbonyl (C=O) groups excluding carboxylic acids is 2. The van der Waals surface area contributed by atoms with E-state index in [2.05, 4.69) is 5.32 Å². The summed E-state index contributed by atoms with van der Waals surface area (Å²) in [7, 11) is -4.13. The van der Waals surface area contributed by atoms with Crippen LogP contribution in [0.2, 0.25) is 5.02 Å². The Kier molecular flexibility index (Phi) is 11.2. The first-order valence-corrected chi connectivity index (χ1v) is 15.3. The lowest BCUT2D eigenvalue weighted by atomic mass is 10.1. The van der Waals surface area contributed by atoms with Crippen LogP contribution in [-0.4, -0.2) is 50.8 Å². The zero-order chi connectivity index (χ0) is 29.3. The van der Waals surface area contributed by atoms with E-state index in [1.165, 1.54) is 17.0 Å². The van der Waals surface area contributed by atoms with Crippen molar-refractivity contribution in [2.45, 2.75) is 51.5 Å². The van der Waals surface area contributed by atoms with Crippen molar-refractivity contribution in [3.05, 3.63) is 95.0 Å².